The van der Waals surface area contributed by atoms with E-state index in [0.717, 1.165) is 11.1 Å². The van der Waals surface area contributed by atoms with Crippen molar-refractivity contribution in [3.05, 3.63) is 24.3 Å². The maximum absolute atomic E-state index is 11.0. The fourth-order valence-electron chi connectivity index (χ4n) is 1.38. The van der Waals surface area contributed by atoms with Gasteiger partial charge in [-0.05, 0) is 19.2 Å². The van der Waals surface area contributed by atoms with E-state index in [1.165, 1.54) is 11.8 Å². The Hall–Kier alpha value is -1.53. The summed E-state index contributed by atoms with van der Waals surface area (Å²) in [7, 11) is 1.70. The Morgan fingerprint density at radius 1 is 1.59 bits per heavy atom. The number of fused-ring (bicyclic) bond motifs is 1. The third-order valence-electron chi connectivity index (χ3n) is 2.34. The molecule has 1 aromatic heterocycles. The first-order chi connectivity index (χ1) is 8.20. The number of aromatic nitrogens is 1. The molecule has 0 fully saturated rings. The first-order valence-electron chi connectivity index (χ1n) is 5.15. The summed E-state index contributed by atoms with van der Waals surface area (Å²) in [5, 5.41) is 3.39. The number of nitrogens with one attached hydrogen (secondary N) is 1. The molecule has 0 spiro atoms. The summed E-state index contributed by atoms with van der Waals surface area (Å²) in [5.74, 6) is 0.120. The van der Waals surface area contributed by atoms with Crippen LogP contribution in [-0.2, 0) is 4.79 Å². The fourth-order valence-corrected chi connectivity index (χ4v) is 2.33. The van der Waals surface area contributed by atoms with Crippen molar-refractivity contribution >= 4 is 28.8 Å². The van der Waals surface area contributed by atoms with E-state index in [-0.39, 0.29) is 11.9 Å². The number of thioether (sulfide) groups is 1. The topological polar surface area (TPSA) is 81.2 Å². The lowest BCUT2D eigenvalue weighted by molar-refractivity contribution is -0.119. The van der Waals surface area contributed by atoms with Gasteiger partial charge in [0, 0.05) is 5.75 Å². The Kier molecular flexibility index (Phi) is 3.65. The van der Waals surface area contributed by atoms with Crippen LogP contribution in [0.4, 0.5) is 0 Å². The van der Waals surface area contributed by atoms with Crippen molar-refractivity contribution in [1.29, 1.82) is 0 Å². The lowest BCUT2D eigenvalue weighted by Crippen LogP contribution is -2.41. The Morgan fingerprint density at radius 3 is 3.00 bits per heavy atom. The van der Waals surface area contributed by atoms with E-state index in [1.54, 1.807) is 7.05 Å². The normalized spacial score (nSPS) is 12.8. The molecule has 1 amide bonds. The molecule has 2 aromatic rings. The highest BCUT2D eigenvalue weighted by atomic mass is 32.2. The quantitative estimate of drug-likeness (QED) is 0.775. The van der Waals surface area contributed by atoms with Crippen molar-refractivity contribution in [2.24, 2.45) is 5.73 Å². The zero-order chi connectivity index (χ0) is 12.3. The van der Waals surface area contributed by atoms with Gasteiger partial charge in [0.1, 0.15) is 5.52 Å². The number of nitrogens with two attached hydrogens (primary N) is 1. The number of hydrogen-bond acceptors (Lipinski definition) is 5. The zero-order valence-electron chi connectivity index (χ0n) is 9.34. The molecule has 90 valence electrons. The van der Waals surface area contributed by atoms with Crippen molar-refractivity contribution in [3.63, 3.8) is 0 Å². The molecule has 6 heteroatoms. The van der Waals surface area contributed by atoms with Gasteiger partial charge in [0.25, 0.3) is 5.22 Å². The monoisotopic (exact) mass is 251 g/mol. The molecule has 1 aromatic carbocycles. The van der Waals surface area contributed by atoms with Gasteiger partial charge in [0.15, 0.2) is 5.58 Å². The third kappa shape index (κ3) is 2.78. The van der Waals surface area contributed by atoms with Gasteiger partial charge >= 0.3 is 0 Å². The van der Waals surface area contributed by atoms with E-state index in [9.17, 15) is 4.79 Å². The van der Waals surface area contributed by atoms with Crippen LogP contribution in [0.2, 0.25) is 0 Å². The number of carbonyl (C=O) groups is 1. The van der Waals surface area contributed by atoms with Gasteiger partial charge in [0.05, 0.1) is 6.04 Å². The minimum Gasteiger partial charge on any atom is -0.431 e. The molecule has 0 aliphatic carbocycles. The molecule has 0 bridgehead atoms. The average Bonchev–Trinajstić information content (AvgIpc) is 2.71. The summed E-state index contributed by atoms with van der Waals surface area (Å²) < 4.78 is 5.51. The summed E-state index contributed by atoms with van der Waals surface area (Å²) in [5.41, 5.74) is 6.78. The van der Waals surface area contributed by atoms with Crippen LogP contribution in [0.3, 0.4) is 0 Å². The Bertz CT molecular complexity index is 493. The lowest BCUT2D eigenvalue weighted by Gasteiger charge is -2.09. The van der Waals surface area contributed by atoms with E-state index in [2.05, 4.69) is 10.3 Å². The second kappa shape index (κ2) is 5.20. The summed E-state index contributed by atoms with van der Waals surface area (Å²) in [4.78, 5) is 15.3. The van der Waals surface area contributed by atoms with Gasteiger partial charge in [-0.15, -0.1) is 0 Å². The number of nitrogens with zero attached hydrogens (tertiary/aromatic N) is 1. The average molecular weight is 251 g/mol. The molecular formula is C11H13N3O2S. The van der Waals surface area contributed by atoms with Crippen molar-refractivity contribution in [3.8, 4) is 0 Å². The number of benzene rings is 1. The molecule has 0 aliphatic heterocycles. The minimum atomic E-state index is -0.380. The van der Waals surface area contributed by atoms with E-state index in [1.807, 2.05) is 24.3 Å². The fraction of sp³-hybridized carbons (Fsp3) is 0.273. The molecule has 0 saturated heterocycles. The highest BCUT2D eigenvalue weighted by molar-refractivity contribution is 7.99. The van der Waals surface area contributed by atoms with E-state index in [0.29, 0.717) is 11.0 Å². The molecule has 0 radical (unpaired) electrons. The number of likely N-dealkylation sites (N-methyl/N-ethyl adjacent to an activating group) is 1. The number of carbonyl (C=O) groups excluding carboxylic acids is 1. The Morgan fingerprint density at radius 2 is 2.35 bits per heavy atom. The van der Waals surface area contributed by atoms with Gasteiger partial charge in [-0.25, -0.2) is 4.98 Å². The molecule has 1 unspecified atom stereocenters. The molecule has 1 atom stereocenters. The first kappa shape index (κ1) is 11.9. The standard InChI is InChI=1S/C11H13N3O2S/c1-13-8(10(12)15)6-17-11-14-7-4-2-3-5-9(7)16-11/h2-5,8,13H,6H2,1H3,(H2,12,15). The first-order valence-corrected chi connectivity index (χ1v) is 6.14. The summed E-state index contributed by atoms with van der Waals surface area (Å²) in [6.07, 6.45) is 0. The van der Waals surface area contributed by atoms with Crippen LogP contribution in [0.1, 0.15) is 0 Å². The van der Waals surface area contributed by atoms with Crippen LogP contribution in [0.5, 0.6) is 0 Å². The van der Waals surface area contributed by atoms with E-state index < -0.39 is 0 Å². The van der Waals surface area contributed by atoms with Gasteiger partial charge in [-0.3, -0.25) is 4.79 Å². The number of primary amides is 1. The Balaban J connectivity index is 2.06. The Labute approximate surface area is 103 Å². The van der Waals surface area contributed by atoms with Crippen molar-refractivity contribution < 1.29 is 9.21 Å². The SMILES string of the molecule is CNC(CSc1nc2ccccc2o1)C(N)=O. The zero-order valence-corrected chi connectivity index (χ0v) is 10.2. The number of para-hydroxylation sites is 2. The van der Waals surface area contributed by atoms with Crippen LogP contribution in [0.15, 0.2) is 33.9 Å². The van der Waals surface area contributed by atoms with Crippen LogP contribution >= 0.6 is 11.8 Å². The lowest BCUT2D eigenvalue weighted by atomic mass is 10.3. The molecule has 17 heavy (non-hydrogen) atoms. The van der Waals surface area contributed by atoms with E-state index >= 15 is 0 Å². The number of rotatable bonds is 5. The molecule has 3 N–H and O–H groups in total. The van der Waals surface area contributed by atoms with Gasteiger partial charge in [-0.2, -0.15) is 0 Å². The van der Waals surface area contributed by atoms with Crippen LogP contribution in [0.25, 0.3) is 11.1 Å². The van der Waals surface area contributed by atoms with Crippen LogP contribution in [-0.4, -0.2) is 29.7 Å². The second-order valence-corrected chi connectivity index (χ2v) is 4.47. The maximum atomic E-state index is 11.0. The summed E-state index contributed by atoms with van der Waals surface area (Å²) in [6.45, 7) is 0. The number of amides is 1. The predicted octanol–water partition coefficient (Wildman–Crippen LogP) is 0.993. The molecule has 5 nitrogen and oxygen atoms in total. The molecule has 2 rings (SSSR count). The largest absolute Gasteiger partial charge is 0.431 e. The smallest absolute Gasteiger partial charge is 0.256 e. The van der Waals surface area contributed by atoms with Gasteiger partial charge < -0.3 is 15.5 Å². The molecule has 0 aliphatic rings. The highest BCUT2D eigenvalue weighted by Gasteiger charge is 2.15. The molecule has 0 saturated carbocycles. The van der Waals surface area contributed by atoms with Crippen molar-refractivity contribution in [1.82, 2.24) is 10.3 Å². The molecular weight excluding hydrogens is 238 g/mol. The third-order valence-corrected chi connectivity index (χ3v) is 3.26. The van der Waals surface area contributed by atoms with Gasteiger partial charge in [0.2, 0.25) is 5.91 Å². The minimum absolute atomic E-state index is 0.379. The maximum Gasteiger partial charge on any atom is 0.256 e. The highest BCUT2D eigenvalue weighted by Crippen LogP contribution is 2.23. The van der Waals surface area contributed by atoms with Crippen LogP contribution < -0.4 is 11.1 Å². The van der Waals surface area contributed by atoms with Crippen LogP contribution in [0, 0.1) is 0 Å². The summed E-state index contributed by atoms with van der Waals surface area (Å²) in [6, 6.07) is 7.15. The summed E-state index contributed by atoms with van der Waals surface area (Å²) >= 11 is 1.37. The second-order valence-electron chi connectivity index (χ2n) is 3.50. The predicted molar refractivity (Wildman–Crippen MR) is 66.8 cm³/mol. The number of oxazole rings is 1. The van der Waals surface area contributed by atoms with Gasteiger partial charge in [-0.1, -0.05) is 23.9 Å². The molecule has 1 heterocycles. The van der Waals surface area contributed by atoms with Crippen molar-refractivity contribution in [2.75, 3.05) is 12.8 Å². The van der Waals surface area contributed by atoms with E-state index in [4.69, 9.17) is 10.2 Å². The van der Waals surface area contributed by atoms with Crippen molar-refractivity contribution in [2.45, 2.75) is 11.3 Å². The number of hydrogen-bond donors (Lipinski definition) is 2.